The van der Waals surface area contributed by atoms with Gasteiger partial charge in [-0.25, -0.2) is 0 Å². The van der Waals surface area contributed by atoms with E-state index in [1.807, 2.05) is 0 Å². The number of likely N-dealkylation sites (tertiary alicyclic amines) is 1. The Kier molecular flexibility index (Phi) is 4.51. The Morgan fingerprint density at radius 2 is 1.93 bits per heavy atom. The SMILES string of the molecule is CC(CN1CCCC(Br)CC1)C1CCC1. The van der Waals surface area contributed by atoms with Crippen molar-refractivity contribution in [2.45, 2.75) is 50.3 Å². The highest BCUT2D eigenvalue weighted by Gasteiger charge is 2.26. The van der Waals surface area contributed by atoms with Crippen molar-refractivity contribution in [1.29, 1.82) is 0 Å². The molecule has 1 heterocycles. The van der Waals surface area contributed by atoms with Gasteiger partial charge in [0.1, 0.15) is 0 Å². The number of hydrogen-bond donors (Lipinski definition) is 0. The van der Waals surface area contributed by atoms with Gasteiger partial charge in [0.2, 0.25) is 0 Å². The molecule has 15 heavy (non-hydrogen) atoms. The molecule has 2 fully saturated rings. The maximum atomic E-state index is 3.76. The van der Waals surface area contributed by atoms with Gasteiger partial charge in [0.25, 0.3) is 0 Å². The van der Waals surface area contributed by atoms with E-state index in [1.54, 1.807) is 0 Å². The molecule has 1 aliphatic carbocycles. The minimum Gasteiger partial charge on any atom is -0.303 e. The fourth-order valence-corrected chi connectivity index (χ4v) is 3.39. The maximum absolute atomic E-state index is 3.76. The minimum atomic E-state index is 0.779. The van der Waals surface area contributed by atoms with Crippen molar-refractivity contribution in [2.75, 3.05) is 19.6 Å². The molecular formula is C13H24BrN. The van der Waals surface area contributed by atoms with Crippen LogP contribution in [-0.2, 0) is 0 Å². The van der Waals surface area contributed by atoms with Gasteiger partial charge in [-0.05, 0) is 44.2 Å². The van der Waals surface area contributed by atoms with Crippen molar-refractivity contribution in [2.24, 2.45) is 11.8 Å². The zero-order valence-electron chi connectivity index (χ0n) is 9.92. The molecule has 2 heteroatoms. The van der Waals surface area contributed by atoms with Crippen LogP contribution in [0.25, 0.3) is 0 Å². The molecule has 1 saturated carbocycles. The molecule has 2 unspecified atom stereocenters. The highest BCUT2D eigenvalue weighted by molar-refractivity contribution is 9.09. The number of hydrogen-bond acceptors (Lipinski definition) is 1. The number of alkyl halides is 1. The monoisotopic (exact) mass is 273 g/mol. The molecule has 0 radical (unpaired) electrons. The second-order valence-corrected chi connectivity index (χ2v) is 6.79. The first kappa shape index (κ1) is 11.9. The molecule has 2 atom stereocenters. The van der Waals surface area contributed by atoms with Crippen molar-refractivity contribution < 1.29 is 0 Å². The third kappa shape index (κ3) is 3.45. The van der Waals surface area contributed by atoms with Gasteiger partial charge in [-0.3, -0.25) is 0 Å². The van der Waals surface area contributed by atoms with Gasteiger partial charge >= 0.3 is 0 Å². The predicted octanol–water partition coefficient (Wildman–Crippen LogP) is 3.67. The van der Waals surface area contributed by atoms with Crippen LogP contribution in [0.15, 0.2) is 0 Å². The van der Waals surface area contributed by atoms with Gasteiger partial charge in [0.15, 0.2) is 0 Å². The van der Waals surface area contributed by atoms with Crippen LogP contribution in [0, 0.1) is 11.8 Å². The van der Waals surface area contributed by atoms with Crippen LogP contribution in [-0.4, -0.2) is 29.4 Å². The molecule has 1 nitrogen and oxygen atoms in total. The normalized spacial score (nSPS) is 32.0. The largest absolute Gasteiger partial charge is 0.303 e. The lowest BCUT2D eigenvalue weighted by Crippen LogP contribution is -2.34. The molecule has 0 aromatic heterocycles. The molecule has 1 aliphatic heterocycles. The summed E-state index contributed by atoms with van der Waals surface area (Å²) in [6.45, 7) is 6.46. The molecule has 0 bridgehead atoms. The maximum Gasteiger partial charge on any atom is 0.0158 e. The Morgan fingerprint density at radius 3 is 2.60 bits per heavy atom. The van der Waals surface area contributed by atoms with E-state index >= 15 is 0 Å². The number of nitrogens with zero attached hydrogens (tertiary/aromatic N) is 1. The Morgan fingerprint density at radius 1 is 1.13 bits per heavy atom. The lowest BCUT2D eigenvalue weighted by atomic mass is 9.76. The van der Waals surface area contributed by atoms with Crippen LogP contribution in [0.2, 0.25) is 0 Å². The summed E-state index contributed by atoms with van der Waals surface area (Å²) in [5.41, 5.74) is 0. The molecule has 2 rings (SSSR count). The quantitative estimate of drug-likeness (QED) is 0.710. The third-order valence-corrected chi connectivity index (χ3v) is 5.17. The summed E-state index contributed by atoms with van der Waals surface area (Å²) in [4.78, 5) is 3.48. The standard InChI is InChI=1S/C13H24BrN/c1-11(12-4-2-5-12)10-15-8-3-6-13(14)7-9-15/h11-13H,2-10H2,1H3. The molecule has 88 valence electrons. The Balaban J connectivity index is 1.72. The Bertz CT molecular complexity index is 191. The molecule has 0 amide bonds. The van der Waals surface area contributed by atoms with Crippen LogP contribution < -0.4 is 0 Å². The number of halogens is 1. The van der Waals surface area contributed by atoms with Crippen LogP contribution in [0.3, 0.4) is 0 Å². The van der Waals surface area contributed by atoms with E-state index in [1.165, 1.54) is 58.2 Å². The predicted molar refractivity (Wildman–Crippen MR) is 69.5 cm³/mol. The van der Waals surface area contributed by atoms with Crippen LogP contribution in [0.1, 0.15) is 45.4 Å². The summed E-state index contributed by atoms with van der Waals surface area (Å²) in [5, 5.41) is 0. The fraction of sp³-hybridized carbons (Fsp3) is 1.00. The van der Waals surface area contributed by atoms with Gasteiger partial charge in [-0.1, -0.05) is 42.1 Å². The van der Waals surface area contributed by atoms with Crippen LogP contribution >= 0.6 is 15.9 Å². The van der Waals surface area contributed by atoms with Crippen molar-refractivity contribution >= 4 is 15.9 Å². The molecule has 0 N–H and O–H groups in total. The van der Waals surface area contributed by atoms with E-state index in [-0.39, 0.29) is 0 Å². The molecular weight excluding hydrogens is 250 g/mol. The fourth-order valence-electron chi connectivity index (χ4n) is 2.86. The first-order valence-corrected chi connectivity index (χ1v) is 7.53. The van der Waals surface area contributed by atoms with E-state index < -0.39 is 0 Å². The second kappa shape index (κ2) is 5.67. The second-order valence-electron chi connectivity index (χ2n) is 5.50. The Labute approximate surface area is 103 Å². The van der Waals surface area contributed by atoms with Gasteiger partial charge in [-0.2, -0.15) is 0 Å². The minimum absolute atomic E-state index is 0.779. The van der Waals surface area contributed by atoms with Gasteiger partial charge in [0, 0.05) is 11.4 Å². The van der Waals surface area contributed by atoms with Crippen molar-refractivity contribution in [3.05, 3.63) is 0 Å². The van der Waals surface area contributed by atoms with Gasteiger partial charge in [0.05, 0.1) is 0 Å². The van der Waals surface area contributed by atoms with E-state index in [2.05, 4.69) is 27.8 Å². The van der Waals surface area contributed by atoms with Crippen molar-refractivity contribution in [3.8, 4) is 0 Å². The Hall–Kier alpha value is 0.440. The van der Waals surface area contributed by atoms with E-state index in [0.717, 1.165) is 16.7 Å². The number of rotatable bonds is 3. The molecule has 0 spiro atoms. The summed E-state index contributed by atoms with van der Waals surface area (Å²) in [7, 11) is 0. The summed E-state index contributed by atoms with van der Waals surface area (Å²) >= 11 is 3.76. The van der Waals surface area contributed by atoms with Crippen LogP contribution in [0.4, 0.5) is 0 Å². The molecule has 1 saturated heterocycles. The van der Waals surface area contributed by atoms with Crippen molar-refractivity contribution in [1.82, 2.24) is 4.90 Å². The van der Waals surface area contributed by atoms with E-state index in [0.29, 0.717) is 0 Å². The lowest BCUT2D eigenvalue weighted by molar-refractivity contribution is 0.154. The third-order valence-electron chi connectivity index (χ3n) is 4.25. The summed E-state index contributed by atoms with van der Waals surface area (Å²) in [5.74, 6) is 1.98. The zero-order chi connectivity index (χ0) is 10.7. The molecule has 0 aromatic carbocycles. The first-order valence-electron chi connectivity index (χ1n) is 6.62. The van der Waals surface area contributed by atoms with E-state index in [9.17, 15) is 0 Å². The van der Waals surface area contributed by atoms with Gasteiger partial charge in [-0.15, -0.1) is 0 Å². The highest BCUT2D eigenvalue weighted by atomic mass is 79.9. The average molecular weight is 274 g/mol. The summed E-state index contributed by atoms with van der Waals surface area (Å²) < 4.78 is 0. The first-order chi connectivity index (χ1) is 7.25. The van der Waals surface area contributed by atoms with Crippen molar-refractivity contribution in [3.63, 3.8) is 0 Å². The van der Waals surface area contributed by atoms with Crippen LogP contribution in [0.5, 0.6) is 0 Å². The molecule has 0 aromatic rings. The lowest BCUT2D eigenvalue weighted by Gasteiger charge is -2.34. The highest BCUT2D eigenvalue weighted by Crippen LogP contribution is 2.33. The van der Waals surface area contributed by atoms with E-state index in [4.69, 9.17) is 0 Å². The summed E-state index contributed by atoms with van der Waals surface area (Å²) in [6, 6.07) is 0. The topological polar surface area (TPSA) is 3.24 Å². The zero-order valence-corrected chi connectivity index (χ0v) is 11.5. The van der Waals surface area contributed by atoms with Gasteiger partial charge < -0.3 is 4.90 Å². The smallest absolute Gasteiger partial charge is 0.0158 e. The summed E-state index contributed by atoms with van der Waals surface area (Å²) in [6.07, 6.45) is 8.57. The molecule has 2 aliphatic rings. The average Bonchev–Trinajstić information content (AvgIpc) is 2.28.